The molecule has 0 unspecified atom stereocenters. The monoisotopic (exact) mass is 492 g/mol. The van der Waals surface area contributed by atoms with Crippen LogP contribution in [0, 0.1) is 0 Å². The Hall–Kier alpha value is -3.31. The van der Waals surface area contributed by atoms with Gasteiger partial charge in [0.2, 0.25) is 0 Å². The number of benzene rings is 3. The van der Waals surface area contributed by atoms with Crippen molar-refractivity contribution < 1.29 is 14.3 Å². The number of nitrogens with zero attached hydrogens (tertiary/aromatic N) is 1. The number of hydrogen-bond acceptors (Lipinski definition) is 4. The van der Waals surface area contributed by atoms with E-state index in [1.54, 1.807) is 30.5 Å². The number of hydrogen-bond donors (Lipinski definition) is 1. The van der Waals surface area contributed by atoms with Crippen molar-refractivity contribution in [1.82, 2.24) is 5.43 Å². The third-order valence-corrected chi connectivity index (χ3v) is 5.71. The van der Waals surface area contributed by atoms with Gasteiger partial charge in [0.25, 0.3) is 5.91 Å². The summed E-state index contributed by atoms with van der Waals surface area (Å²) in [5.74, 6) is 1.24. The molecule has 3 aromatic carbocycles. The van der Waals surface area contributed by atoms with E-state index in [4.69, 9.17) is 21.1 Å². The summed E-state index contributed by atoms with van der Waals surface area (Å²) in [7, 11) is 0. The Morgan fingerprint density at radius 2 is 1.46 bits per heavy atom. The van der Waals surface area contributed by atoms with Crippen molar-refractivity contribution in [3.05, 3.63) is 94.5 Å². The molecule has 0 aliphatic carbocycles. The van der Waals surface area contributed by atoms with Crippen molar-refractivity contribution in [3.63, 3.8) is 0 Å². The SMILES string of the molecule is CCCCCCCCOc1ccc(C=NNC(=O)c2ccc(OCc3ccc(Cl)cc3)cc2)cc1. The number of amides is 1. The number of carbonyl (C=O) groups is 1. The van der Waals surface area contributed by atoms with Crippen molar-refractivity contribution in [2.24, 2.45) is 5.10 Å². The highest BCUT2D eigenvalue weighted by Gasteiger charge is 2.05. The molecule has 0 saturated carbocycles. The lowest BCUT2D eigenvalue weighted by molar-refractivity contribution is 0.0955. The average molecular weight is 493 g/mol. The molecular formula is C29H33ClN2O3. The van der Waals surface area contributed by atoms with E-state index in [0.717, 1.165) is 29.9 Å². The standard InChI is InChI=1S/C29H33ClN2O3/c1-2-3-4-5-6-7-20-34-27-16-10-23(11-17-27)21-31-32-29(33)25-12-18-28(19-13-25)35-22-24-8-14-26(30)15-9-24/h8-19,21H,2-7,20,22H2,1H3,(H,32,33). The van der Waals surface area contributed by atoms with Crippen molar-refractivity contribution >= 4 is 23.7 Å². The minimum atomic E-state index is -0.288. The van der Waals surface area contributed by atoms with E-state index in [0.29, 0.717) is 22.9 Å². The van der Waals surface area contributed by atoms with Gasteiger partial charge in [-0.15, -0.1) is 0 Å². The highest BCUT2D eigenvalue weighted by Crippen LogP contribution is 2.16. The lowest BCUT2D eigenvalue weighted by Crippen LogP contribution is -2.17. The molecule has 3 aromatic rings. The lowest BCUT2D eigenvalue weighted by Gasteiger charge is -2.07. The fourth-order valence-electron chi connectivity index (χ4n) is 3.40. The van der Waals surface area contributed by atoms with Crippen LogP contribution in [0.1, 0.15) is 66.9 Å². The van der Waals surface area contributed by atoms with E-state index < -0.39 is 0 Å². The van der Waals surface area contributed by atoms with Crippen LogP contribution in [-0.2, 0) is 6.61 Å². The molecular weight excluding hydrogens is 460 g/mol. The van der Waals surface area contributed by atoms with E-state index in [1.165, 1.54) is 32.1 Å². The number of nitrogens with one attached hydrogen (secondary N) is 1. The first-order chi connectivity index (χ1) is 17.1. The second-order valence-corrected chi connectivity index (χ2v) is 8.76. The molecule has 3 rings (SSSR count). The van der Waals surface area contributed by atoms with Crippen LogP contribution in [-0.4, -0.2) is 18.7 Å². The van der Waals surface area contributed by atoms with Gasteiger partial charge in [-0.3, -0.25) is 4.79 Å². The molecule has 1 N–H and O–H groups in total. The van der Waals surface area contributed by atoms with Gasteiger partial charge in [-0.1, -0.05) is 62.8 Å². The van der Waals surface area contributed by atoms with Crippen LogP contribution in [0.3, 0.4) is 0 Å². The van der Waals surface area contributed by atoms with Crippen LogP contribution in [0.5, 0.6) is 11.5 Å². The Labute approximate surface area is 213 Å². The molecule has 5 nitrogen and oxygen atoms in total. The number of halogens is 1. The smallest absolute Gasteiger partial charge is 0.271 e. The van der Waals surface area contributed by atoms with Crippen molar-refractivity contribution in [2.75, 3.05) is 6.61 Å². The Bertz CT molecular complexity index is 1050. The molecule has 0 atom stereocenters. The molecule has 6 heteroatoms. The van der Waals surface area contributed by atoms with E-state index >= 15 is 0 Å². The van der Waals surface area contributed by atoms with Crippen LogP contribution >= 0.6 is 11.6 Å². The summed E-state index contributed by atoms with van der Waals surface area (Å²) in [4.78, 5) is 12.3. The van der Waals surface area contributed by atoms with E-state index in [2.05, 4.69) is 17.5 Å². The van der Waals surface area contributed by atoms with E-state index in [1.807, 2.05) is 48.5 Å². The summed E-state index contributed by atoms with van der Waals surface area (Å²) < 4.78 is 11.5. The molecule has 35 heavy (non-hydrogen) atoms. The fraction of sp³-hybridized carbons (Fsp3) is 0.310. The first-order valence-electron chi connectivity index (χ1n) is 12.2. The Morgan fingerprint density at radius 3 is 2.17 bits per heavy atom. The summed E-state index contributed by atoms with van der Waals surface area (Å²) in [6, 6.07) is 22.1. The predicted molar refractivity (Wildman–Crippen MR) is 143 cm³/mol. The molecule has 0 radical (unpaired) electrons. The normalized spacial score (nSPS) is 10.9. The number of unbranched alkanes of at least 4 members (excludes halogenated alkanes) is 5. The number of ether oxygens (including phenoxy) is 2. The molecule has 0 bridgehead atoms. The summed E-state index contributed by atoms with van der Waals surface area (Å²) in [6.45, 7) is 3.39. The minimum absolute atomic E-state index is 0.288. The van der Waals surface area contributed by atoms with Crippen LogP contribution < -0.4 is 14.9 Å². The summed E-state index contributed by atoms with van der Waals surface area (Å²) in [5.41, 5.74) is 4.95. The van der Waals surface area contributed by atoms with Gasteiger partial charge in [0.1, 0.15) is 18.1 Å². The Kier molecular flexibility index (Phi) is 11.2. The van der Waals surface area contributed by atoms with Gasteiger partial charge in [0.15, 0.2) is 0 Å². The molecule has 184 valence electrons. The fourth-order valence-corrected chi connectivity index (χ4v) is 3.53. The average Bonchev–Trinajstić information content (AvgIpc) is 2.89. The minimum Gasteiger partial charge on any atom is -0.494 e. The van der Waals surface area contributed by atoms with E-state index in [-0.39, 0.29) is 5.91 Å². The van der Waals surface area contributed by atoms with Gasteiger partial charge in [0, 0.05) is 10.6 Å². The zero-order valence-electron chi connectivity index (χ0n) is 20.2. The maximum absolute atomic E-state index is 12.3. The van der Waals surface area contributed by atoms with Gasteiger partial charge < -0.3 is 9.47 Å². The largest absolute Gasteiger partial charge is 0.494 e. The van der Waals surface area contributed by atoms with Gasteiger partial charge in [-0.25, -0.2) is 5.43 Å². The zero-order valence-corrected chi connectivity index (χ0v) is 21.0. The molecule has 0 heterocycles. The second-order valence-electron chi connectivity index (χ2n) is 8.32. The Morgan fingerprint density at radius 1 is 0.829 bits per heavy atom. The molecule has 1 amide bonds. The second kappa shape index (κ2) is 14.8. The maximum Gasteiger partial charge on any atom is 0.271 e. The predicted octanol–water partition coefficient (Wildman–Crippen LogP) is 7.42. The van der Waals surface area contributed by atoms with Crippen LogP contribution in [0.15, 0.2) is 77.9 Å². The first kappa shape index (κ1) is 26.3. The molecule has 0 aliphatic heterocycles. The topological polar surface area (TPSA) is 59.9 Å². The van der Waals surface area contributed by atoms with Crippen molar-refractivity contribution in [3.8, 4) is 11.5 Å². The van der Waals surface area contributed by atoms with Crippen LogP contribution in [0.25, 0.3) is 0 Å². The molecule has 0 saturated heterocycles. The number of rotatable bonds is 14. The number of carbonyl (C=O) groups excluding carboxylic acids is 1. The Balaban J connectivity index is 1.37. The molecule has 0 aromatic heterocycles. The van der Waals surface area contributed by atoms with Gasteiger partial charge >= 0.3 is 0 Å². The quantitative estimate of drug-likeness (QED) is 0.145. The summed E-state index contributed by atoms with van der Waals surface area (Å²) in [6.07, 6.45) is 9.08. The molecule has 0 spiro atoms. The third kappa shape index (κ3) is 9.83. The highest BCUT2D eigenvalue weighted by atomic mass is 35.5. The maximum atomic E-state index is 12.3. The zero-order chi connectivity index (χ0) is 24.7. The third-order valence-electron chi connectivity index (χ3n) is 5.46. The van der Waals surface area contributed by atoms with Crippen molar-refractivity contribution in [1.29, 1.82) is 0 Å². The highest BCUT2D eigenvalue weighted by molar-refractivity contribution is 6.30. The van der Waals surface area contributed by atoms with Crippen LogP contribution in [0.2, 0.25) is 5.02 Å². The molecule has 0 aliphatic rings. The van der Waals surface area contributed by atoms with E-state index in [9.17, 15) is 4.79 Å². The van der Waals surface area contributed by atoms with Crippen LogP contribution in [0.4, 0.5) is 0 Å². The van der Waals surface area contributed by atoms with Crippen molar-refractivity contribution in [2.45, 2.75) is 52.1 Å². The molecule has 0 fully saturated rings. The van der Waals surface area contributed by atoms with Gasteiger partial charge in [-0.2, -0.15) is 5.10 Å². The first-order valence-corrected chi connectivity index (χ1v) is 12.6. The van der Waals surface area contributed by atoms with Gasteiger partial charge in [-0.05, 0) is 78.2 Å². The summed E-state index contributed by atoms with van der Waals surface area (Å²) >= 11 is 5.90. The summed E-state index contributed by atoms with van der Waals surface area (Å²) in [5, 5.41) is 4.75. The van der Waals surface area contributed by atoms with Gasteiger partial charge in [0.05, 0.1) is 12.8 Å². The lowest BCUT2D eigenvalue weighted by atomic mass is 10.1. The number of hydrazone groups is 1.